The van der Waals surface area contributed by atoms with Gasteiger partial charge in [-0.2, -0.15) is 4.98 Å². The number of hydrogen-bond acceptors (Lipinski definition) is 6. The van der Waals surface area contributed by atoms with Crippen molar-refractivity contribution in [2.45, 2.75) is 46.4 Å². The zero-order valence-electron chi connectivity index (χ0n) is 20.5. The number of H-pyrrole nitrogens is 1. The third kappa shape index (κ3) is 4.82. The van der Waals surface area contributed by atoms with Crippen molar-refractivity contribution in [1.82, 2.24) is 24.3 Å². The number of ether oxygens (including phenoxy) is 1. The van der Waals surface area contributed by atoms with E-state index in [4.69, 9.17) is 9.26 Å². The molecule has 37 heavy (non-hydrogen) atoms. The topological polar surface area (TPSA) is 108 Å². The van der Waals surface area contributed by atoms with Gasteiger partial charge in [0, 0.05) is 24.3 Å². The number of nitrogens with one attached hydrogen (secondary N) is 1. The van der Waals surface area contributed by atoms with E-state index >= 15 is 0 Å². The summed E-state index contributed by atoms with van der Waals surface area (Å²) in [5.41, 5.74) is 2.66. The van der Waals surface area contributed by atoms with Crippen molar-refractivity contribution >= 4 is 11.0 Å². The Morgan fingerprint density at radius 2 is 1.62 bits per heavy atom. The number of fused-ring (bicyclic) bond motifs is 1. The fourth-order valence-corrected chi connectivity index (χ4v) is 4.21. The van der Waals surface area contributed by atoms with Gasteiger partial charge < -0.3 is 14.2 Å². The lowest BCUT2D eigenvalue weighted by atomic mass is 10.1. The molecule has 10 heteroatoms. The lowest BCUT2D eigenvalue weighted by Gasteiger charge is -2.10. The van der Waals surface area contributed by atoms with E-state index in [2.05, 4.69) is 15.1 Å². The highest BCUT2D eigenvalue weighted by molar-refractivity contribution is 5.82. The highest BCUT2D eigenvalue weighted by Gasteiger charge is 2.16. The summed E-state index contributed by atoms with van der Waals surface area (Å²) in [5, 5.41) is 3.91. The minimum absolute atomic E-state index is 0.0696. The molecule has 0 unspecified atom stereocenters. The van der Waals surface area contributed by atoms with Crippen LogP contribution in [0, 0.1) is 5.82 Å². The first-order valence-corrected chi connectivity index (χ1v) is 12.2. The Bertz CT molecular complexity index is 1650. The second-order valence-corrected chi connectivity index (χ2v) is 8.67. The van der Waals surface area contributed by atoms with E-state index < -0.39 is 0 Å². The molecular formula is C27H26FN5O4. The van der Waals surface area contributed by atoms with E-state index in [0.717, 1.165) is 17.7 Å². The Labute approximate surface area is 211 Å². The van der Waals surface area contributed by atoms with Gasteiger partial charge in [0.25, 0.3) is 11.4 Å². The van der Waals surface area contributed by atoms with Crippen LogP contribution >= 0.6 is 0 Å². The smallest absolute Gasteiger partial charge is 0.331 e. The number of halogens is 1. The molecule has 0 atom stereocenters. The summed E-state index contributed by atoms with van der Waals surface area (Å²) in [6, 6.07) is 15.0. The van der Waals surface area contributed by atoms with Crippen LogP contribution < -0.4 is 16.0 Å². The maximum Gasteiger partial charge on any atom is 0.331 e. The van der Waals surface area contributed by atoms with Crippen molar-refractivity contribution in [2.75, 3.05) is 0 Å². The number of aromatic amines is 1. The van der Waals surface area contributed by atoms with E-state index in [1.165, 1.54) is 16.7 Å². The zero-order valence-corrected chi connectivity index (χ0v) is 20.5. The van der Waals surface area contributed by atoms with E-state index in [1.807, 2.05) is 32.0 Å². The molecule has 0 aliphatic rings. The molecule has 0 bridgehead atoms. The van der Waals surface area contributed by atoms with Gasteiger partial charge >= 0.3 is 5.69 Å². The number of hydrogen-bond donors (Lipinski definition) is 1. The van der Waals surface area contributed by atoms with Crippen molar-refractivity contribution < 1.29 is 13.7 Å². The summed E-state index contributed by atoms with van der Waals surface area (Å²) in [6.45, 7) is 4.91. The van der Waals surface area contributed by atoms with Gasteiger partial charge in [-0.25, -0.2) is 9.18 Å². The summed E-state index contributed by atoms with van der Waals surface area (Å²) >= 11 is 0. The monoisotopic (exact) mass is 503 g/mol. The lowest BCUT2D eigenvalue weighted by Crippen LogP contribution is -2.39. The first-order valence-electron chi connectivity index (χ1n) is 12.2. The van der Waals surface area contributed by atoms with Crippen molar-refractivity contribution in [1.29, 1.82) is 0 Å². The normalized spacial score (nSPS) is 11.3. The number of nitrogens with zero attached hydrogens (tertiary/aromatic N) is 4. The predicted molar refractivity (Wildman–Crippen MR) is 137 cm³/mol. The lowest BCUT2D eigenvalue weighted by molar-refractivity contribution is 0.243. The largest absolute Gasteiger partial charge is 0.484 e. The number of benzene rings is 2. The van der Waals surface area contributed by atoms with Gasteiger partial charge in [0.05, 0.1) is 5.52 Å². The van der Waals surface area contributed by atoms with E-state index in [-0.39, 0.29) is 29.6 Å². The third-order valence-corrected chi connectivity index (χ3v) is 6.00. The molecule has 3 heterocycles. The van der Waals surface area contributed by atoms with Crippen LogP contribution in [0.15, 0.2) is 68.7 Å². The predicted octanol–water partition coefficient (Wildman–Crippen LogP) is 4.75. The molecular weight excluding hydrogens is 477 g/mol. The molecule has 0 fully saturated rings. The molecule has 0 amide bonds. The molecule has 0 aliphatic carbocycles. The van der Waals surface area contributed by atoms with Crippen LogP contribution in [0.25, 0.3) is 33.7 Å². The van der Waals surface area contributed by atoms with Gasteiger partial charge in [-0.15, -0.1) is 0 Å². The summed E-state index contributed by atoms with van der Waals surface area (Å²) in [4.78, 5) is 33.4. The minimum Gasteiger partial charge on any atom is -0.484 e. The van der Waals surface area contributed by atoms with Crippen LogP contribution in [0.2, 0.25) is 0 Å². The standard InChI is InChI=1S/C27H26FN5O4/c1-3-13-32-22-15-21(29-24(22)26(34)33(14-4-2)27(32)35)17-7-11-20(12-8-17)36-16-23-30-25(31-37-23)18-5-9-19(28)10-6-18/h5-12,15,29H,3-4,13-14,16H2,1-2H3. The van der Waals surface area contributed by atoms with Crippen LogP contribution in [0.4, 0.5) is 4.39 Å². The van der Waals surface area contributed by atoms with Gasteiger partial charge in [-0.3, -0.25) is 13.9 Å². The van der Waals surface area contributed by atoms with Gasteiger partial charge in [-0.05, 0) is 73.0 Å². The van der Waals surface area contributed by atoms with Crippen LogP contribution in [0.1, 0.15) is 32.6 Å². The molecule has 3 aromatic heterocycles. The summed E-state index contributed by atoms with van der Waals surface area (Å²) in [6.07, 6.45) is 1.47. The summed E-state index contributed by atoms with van der Waals surface area (Å²) in [7, 11) is 0. The average molecular weight is 504 g/mol. The molecule has 0 spiro atoms. The fourth-order valence-electron chi connectivity index (χ4n) is 4.21. The SMILES string of the molecule is CCCn1c(=O)c2[nH]c(-c3ccc(OCc4nc(-c5ccc(F)cc5)no4)cc3)cc2n(CCC)c1=O. The maximum atomic E-state index is 13.1. The highest BCUT2D eigenvalue weighted by Crippen LogP contribution is 2.25. The van der Waals surface area contributed by atoms with Crippen molar-refractivity contribution in [3.63, 3.8) is 0 Å². The number of rotatable bonds is 9. The highest BCUT2D eigenvalue weighted by atomic mass is 19.1. The second-order valence-electron chi connectivity index (χ2n) is 8.67. The Morgan fingerprint density at radius 1 is 0.946 bits per heavy atom. The average Bonchev–Trinajstić information content (AvgIpc) is 3.57. The third-order valence-electron chi connectivity index (χ3n) is 6.00. The molecule has 2 aromatic carbocycles. The van der Waals surface area contributed by atoms with Gasteiger partial charge in [-0.1, -0.05) is 19.0 Å². The second kappa shape index (κ2) is 10.3. The zero-order chi connectivity index (χ0) is 25.9. The molecule has 0 radical (unpaired) electrons. The first kappa shape index (κ1) is 24.2. The molecule has 0 saturated carbocycles. The van der Waals surface area contributed by atoms with Crippen molar-refractivity contribution in [2.24, 2.45) is 0 Å². The molecule has 9 nitrogen and oxygen atoms in total. The fraction of sp³-hybridized carbons (Fsp3) is 0.259. The van der Waals surface area contributed by atoms with Crippen molar-refractivity contribution in [3.05, 3.63) is 87.1 Å². The summed E-state index contributed by atoms with van der Waals surface area (Å²) in [5.74, 6) is 0.897. The van der Waals surface area contributed by atoms with E-state index in [1.54, 1.807) is 28.8 Å². The van der Waals surface area contributed by atoms with Gasteiger partial charge in [0.15, 0.2) is 6.61 Å². The van der Waals surface area contributed by atoms with Crippen LogP contribution in [-0.4, -0.2) is 24.3 Å². The molecule has 5 aromatic rings. The Balaban J connectivity index is 1.35. The molecule has 0 saturated heterocycles. The van der Waals surface area contributed by atoms with Crippen molar-refractivity contribution in [3.8, 4) is 28.4 Å². The maximum absolute atomic E-state index is 13.1. The molecule has 190 valence electrons. The Morgan fingerprint density at radius 3 is 2.32 bits per heavy atom. The Hall–Kier alpha value is -4.47. The summed E-state index contributed by atoms with van der Waals surface area (Å²) < 4.78 is 27.1. The number of aromatic nitrogens is 5. The van der Waals surface area contributed by atoms with Gasteiger partial charge in [0.1, 0.15) is 17.1 Å². The van der Waals surface area contributed by atoms with Crippen LogP contribution in [0.3, 0.4) is 0 Å². The van der Waals surface area contributed by atoms with Crippen LogP contribution in [0.5, 0.6) is 5.75 Å². The van der Waals surface area contributed by atoms with E-state index in [9.17, 15) is 14.0 Å². The van der Waals surface area contributed by atoms with Crippen LogP contribution in [-0.2, 0) is 19.7 Å². The number of aryl methyl sites for hydroxylation is 1. The van der Waals surface area contributed by atoms with E-state index in [0.29, 0.717) is 47.7 Å². The molecule has 1 N–H and O–H groups in total. The minimum atomic E-state index is -0.337. The molecule has 0 aliphatic heterocycles. The Kier molecular flexibility index (Phi) is 6.72. The molecule has 5 rings (SSSR count). The van der Waals surface area contributed by atoms with Gasteiger partial charge in [0.2, 0.25) is 5.82 Å². The quantitative estimate of drug-likeness (QED) is 0.311. The first-order chi connectivity index (χ1) is 18.0.